The molecule has 0 radical (unpaired) electrons. The molecule has 25 heavy (non-hydrogen) atoms. The molecule has 1 saturated carbocycles. The van der Waals surface area contributed by atoms with Gasteiger partial charge in [-0.2, -0.15) is 0 Å². The Morgan fingerprint density at radius 2 is 1.88 bits per heavy atom. The summed E-state index contributed by atoms with van der Waals surface area (Å²) in [6.07, 6.45) is 15.4. The van der Waals surface area contributed by atoms with Gasteiger partial charge in [0.2, 0.25) is 0 Å². The Bertz CT molecular complexity index is 416. The number of carboxylic acid groups (broad SMARTS) is 1. The van der Waals surface area contributed by atoms with Gasteiger partial charge < -0.3 is 10.2 Å². The van der Waals surface area contributed by atoms with E-state index in [2.05, 4.69) is 13.0 Å². The number of aliphatic carboxylic acids is 1. The molecule has 0 spiro atoms. The summed E-state index contributed by atoms with van der Waals surface area (Å²) in [5, 5.41) is 18.7. The van der Waals surface area contributed by atoms with Crippen LogP contribution in [0.4, 0.5) is 0 Å². The Labute approximate surface area is 152 Å². The Kier molecular flexibility index (Phi) is 11.5. The Morgan fingerprint density at radius 3 is 2.60 bits per heavy atom. The Balaban J connectivity index is 2.26. The van der Waals surface area contributed by atoms with Gasteiger partial charge >= 0.3 is 5.97 Å². The average Bonchev–Trinajstić information content (AvgIpc) is 2.93. The molecule has 0 aromatic heterocycles. The minimum atomic E-state index is -0.732. The van der Waals surface area contributed by atoms with Crippen molar-refractivity contribution < 1.29 is 19.8 Å². The van der Waals surface area contributed by atoms with Crippen LogP contribution in [0.2, 0.25) is 0 Å². The summed E-state index contributed by atoms with van der Waals surface area (Å²) >= 11 is 0. The van der Waals surface area contributed by atoms with Crippen LogP contribution < -0.4 is 0 Å². The third-order valence-corrected chi connectivity index (χ3v) is 5.24. The van der Waals surface area contributed by atoms with Crippen molar-refractivity contribution in [1.82, 2.24) is 0 Å². The van der Waals surface area contributed by atoms with Gasteiger partial charge in [0.15, 0.2) is 0 Å². The van der Waals surface area contributed by atoms with Crippen molar-refractivity contribution in [2.24, 2.45) is 11.8 Å². The summed E-state index contributed by atoms with van der Waals surface area (Å²) in [6.45, 7) is 2.18. The number of rotatable bonds is 14. The Hall–Kier alpha value is -1.16. The molecule has 0 aliphatic heterocycles. The van der Waals surface area contributed by atoms with E-state index in [0.717, 1.165) is 51.4 Å². The fraction of sp³-hybridized carbons (Fsp3) is 0.810. The number of aliphatic hydroxyl groups is 1. The van der Waals surface area contributed by atoms with Crippen molar-refractivity contribution >= 4 is 11.8 Å². The molecule has 144 valence electrons. The fourth-order valence-corrected chi connectivity index (χ4v) is 3.68. The molecule has 3 unspecified atom stereocenters. The summed E-state index contributed by atoms with van der Waals surface area (Å²) in [5.74, 6) is 0.00173. The van der Waals surface area contributed by atoms with E-state index in [4.69, 9.17) is 5.11 Å². The van der Waals surface area contributed by atoms with Crippen molar-refractivity contribution in [3.8, 4) is 0 Å². The van der Waals surface area contributed by atoms with Crippen molar-refractivity contribution in [2.45, 2.75) is 96.5 Å². The van der Waals surface area contributed by atoms with E-state index in [0.29, 0.717) is 12.2 Å². The molecule has 1 aliphatic rings. The molecule has 0 aromatic carbocycles. The predicted octanol–water partition coefficient (Wildman–Crippen LogP) is 4.89. The minimum absolute atomic E-state index is 0.100. The summed E-state index contributed by atoms with van der Waals surface area (Å²) in [6, 6.07) is 0. The lowest BCUT2D eigenvalue weighted by atomic mass is 9.89. The van der Waals surface area contributed by atoms with E-state index in [1.165, 1.54) is 19.3 Å². The van der Waals surface area contributed by atoms with Crippen molar-refractivity contribution in [3.63, 3.8) is 0 Å². The number of aliphatic hydroxyl groups excluding tert-OH is 1. The van der Waals surface area contributed by atoms with E-state index in [-0.39, 0.29) is 24.4 Å². The van der Waals surface area contributed by atoms with Crippen LogP contribution in [0.25, 0.3) is 0 Å². The number of Topliss-reactive ketones (excluding diaryl/α,β-unsaturated/α-hetero) is 1. The van der Waals surface area contributed by atoms with Crippen LogP contribution in [0.1, 0.15) is 90.4 Å². The van der Waals surface area contributed by atoms with Crippen molar-refractivity contribution in [2.75, 3.05) is 0 Å². The highest BCUT2D eigenvalue weighted by Gasteiger charge is 2.32. The van der Waals surface area contributed by atoms with Crippen LogP contribution >= 0.6 is 0 Å². The molecule has 4 heteroatoms. The second-order valence-electron chi connectivity index (χ2n) is 7.42. The zero-order valence-corrected chi connectivity index (χ0v) is 15.8. The van der Waals surface area contributed by atoms with Gasteiger partial charge in [0.25, 0.3) is 0 Å². The molecular weight excluding hydrogens is 316 g/mol. The van der Waals surface area contributed by atoms with Gasteiger partial charge in [-0.15, -0.1) is 0 Å². The third-order valence-electron chi connectivity index (χ3n) is 5.24. The number of hydrogen-bond donors (Lipinski definition) is 2. The molecule has 1 aliphatic carbocycles. The van der Waals surface area contributed by atoms with Crippen LogP contribution in [-0.2, 0) is 9.59 Å². The molecule has 1 rings (SSSR count). The molecular formula is C21H36O4. The monoisotopic (exact) mass is 352 g/mol. The smallest absolute Gasteiger partial charge is 0.303 e. The molecule has 0 saturated heterocycles. The first-order valence-electron chi connectivity index (χ1n) is 10.2. The highest BCUT2D eigenvalue weighted by Crippen LogP contribution is 2.34. The maximum atomic E-state index is 12.1. The number of unbranched alkanes of at least 4 members (excludes halogenated alkanes) is 6. The highest BCUT2D eigenvalue weighted by atomic mass is 16.4. The van der Waals surface area contributed by atoms with Gasteiger partial charge in [0.1, 0.15) is 5.78 Å². The van der Waals surface area contributed by atoms with Gasteiger partial charge in [0.05, 0.1) is 6.10 Å². The lowest BCUT2D eigenvalue weighted by Gasteiger charge is -2.15. The second kappa shape index (κ2) is 13.1. The zero-order chi connectivity index (χ0) is 18.5. The van der Waals surface area contributed by atoms with Gasteiger partial charge in [-0.25, -0.2) is 0 Å². The highest BCUT2D eigenvalue weighted by molar-refractivity contribution is 5.83. The second-order valence-corrected chi connectivity index (χ2v) is 7.42. The molecule has 0 aromatic rings. The largest absolute Gasteiger partial charge is 0.481 e. The quantitative estimate of drug-likeness (QED) is 0.344. The Morgan fingerprint density at radius 1 is 1.16 bits per heavy atom. The maximum Gasteiger partial charge on any atom is 0.303 e. The van der Waals surface area contributed by atoms with E-state index in [1.54, 1.807) is 0 Å². The van der Waals surface area contributed by atoms with E-state index in [1.807, 2.05) is 6.08 Å². The zero-order valence-electron chi connectivity index (χ0n) is 15.8. The average molecular weight is 353 g/mol. The van der Waals surface area contributed by atoms with Crippen LogP contribution in [0.3, 0.4) is 0 Å². The van der Waals surface area contributed by atoms with Gasteiger partial charge in [-0.1, -0.05) is 64.0 Å². The first-order chi connectivity index (χ1) is 12.0. The number of ketones is 1. The van der Waals surface area contributed by atoms with E-state index >= 15 is 0 Å². The maximum absolute atomic E-state index is 12.1. The van der Waals surface area contributed by atoms with Gasteiger partial charge in [-0.05, 0) is 31.6 Å². The van der Waals surface area contributed by atoms with Crippen LogP contribution in [-0.4, -0.2) is 28.1 Å². The number of carbonyl (C=O) groups is 2. The summed E-state index contributed by atoms with van der Waals surface area (Å²) < 4.78 is 0. The molecule has 0 bridgehead atoms. The summed E-state index contributed by atoms with van der Waals surface area (Å²) in [7, 11) is 0. The van der Waals surface area contributed by atoms with Gasteiger partial charge in [0, 0.05) is 18.8 Å². The molecule has 2 N–H and O–H groups in total. The lowest BCUT2D eigenvalue weighted by molar-refractivity contribution is -0.137. The van der Waals surface area contributed by atoms with Crippen LogP contribution in [0.15, 0.2) is 12.2 Å². The number of allylic oxidation sites excluding steroid dienone is 1. The van der Waals surface area contributed by atoms with Crippen LogP contribution in [0.5, 0.6) is 0 Å². The first kappa shape index (κ1) is 21.9. The minimum Gasteiger partial charge on any atom is -0.481 e. The molecule has 4 nitrogen and oxygen atoms in total. The lowest BCUT2D eigenvalue weighted by Crippen LogP contribution is -2.14. The molecule has 1 fully saturated rings. The molecule has 0 heterocycles. The van der Waals surface area contributed by atoms with Crippen molar-refractivity contribution in [1.29, 1.82) is 0 Å². The summed E-state index contributed by atoms with van der Waals surface area (Å²) in [5.41, 5.74) is 0. The molecule has 3 atom stereocenters. The van der Waals surface area contributed by atoms with E-state index < -0.39 is 5.97 Å². The predicted molar refractivity (Wildman–Crippen MR) is 100 cm³/mol. The summed E-state index contributed by atoms with van der Waals surface area (Å²) in [4.78, 5) is 22.6. The fourth-order valence-electron chi connectivity index (χ4n) is 3.68. The van der Waals surface area contributed by atoms with Crippen LogP contribution in [0, 0.1) is 11.8 Å². The van der Waals surface area contributed by atoms with E-state index in [9.17, 15) is 14.7 Å². The van der Waals surface area contributed by atoms with Crippen molar-refractivity contribution in [3.05, 3.63) is 12.2 Å². The van der Waals surface area contributed by atoms with Gasteiger partial charge in [-0.3, -0.25) is 9.59 Å². The number of carbonyl (C=O) groups excluding carboxylic acids is 1. The topological polar surface area (TPSA) is 74.6 Å². The molecule has 0 amide bonds. The number of hydrogen-bond acceptors (Lipinski definition) is 3. The third kappa shape index (κ3) is 9.78. The standard InChI is InChI=1S/C21H36O4/c1-2-3-4-7-10-18(22)15-13-17-14-16-20(23)19(17)11-8-5-6-9-12-21(24)25/h13,15,17-19,22H,2-12,14,16H2,1H3,(H,24,25)/b15-13+. The number of carboxylic acids is 1. The SMILES string of the molecule is CCCCCCC(O)/C=C/C1CCC(=O)C1CCCCCCC(=O)O. The normalized spacial score (nSPS) is 21.9. The first-order valence-corrected chi connectivity index (χ1v) is 10.2.